The highest BCUT2D eigenvalue weighted by molar-refractivity contribution is 6.22. The van der Waals surface area contributed by atoms with Gasteiger partial charge in [0.05, 0.1) is 18.7 Å². The van der Waals surface area contributed by atoms with Gasteiger partial charge in [-0.05, 0) is 56.2 Å². The Kier molecular flexibility index (Phi) is 6.21. The maximum Gasteiger partial charge on any atom is 0.332 e. The van der Waals surface area contributed by atoms with Crippen LogP contribution in [0.3, 0.4) is 0 Å². The van der Waals surface area contributed by atoms with Gasteiger partial charge in [-0.2, -0.15) is 0 Å². The first-order valence-corrected chi connectivity index (χ1v) is 10.8. The molecule has 4 rings (SSSR count). The van der Waals surface area contributed by atoms with Crippen molar-refractivity contribution in [1.29, 1.82) is 0 Å². The van der Waals surface area contributed by atoms with E-state index in [9.17, 15) is 14.4 Å². The highest BCUT2D eigenvalue weighted by Crippen LogP contribution is 2.34. The number of nitrogens with one attached hydrogen (secondary N) is 1. The van der Waals surface area contributed by atoms with E-state index in [0.29, 0.717) is 18.0 Å². The molecule has 0 radical (unpaired) electrons. The number of rotatable bonds is 7. The summed E-state index contributed by atoms with van der Waals surface area (Å²) in [4.78, 5) is 42.1. The van der Waals surface area contributed by atoms with Crippen molar-refractivity contribution in [2.24, 2.45) is 0 Å². The number of hydrogen-bond acceptors (Lipinski definition) is 4. The van der Waals surface area contributed by atoms with Gasteiger partial charge in [0, 0.05) is 11.7 Å². The lowest BCUT2D eigenvalue weighted by molar-refractivity contribution is -0.124. The van der Waals surface area contributed by atoms with Crippen molar-refractivity contribution in [3.05, 3.63) is 54.6 Å². The Balaban J connectivity index is 1.52. The van der Waals surface area contributed by atoms with Crippen molar-refractivity contribution >= 4 is 29.2 Å². The molecule has 1 aliphatic heterocycles. The fraction of sp³-hybridized carbons (Fsp3) is 0.375. The Bertz CT molecular complexity index is 939. The van der Waals surface area contributed by atoms with E-state index in [1.807, 2.05) is 13.0 Å². The first-order valence-electron chi connectivity index (χ1n) is 10.8. The first kappa shape index (κ1) is 20.9. The summed E-state index contributed by atoms with van der Waals surface area (Å²) in [6.07, 6.45) is 3.70. The average molecular weight is 421 g/mol. The predicted molar refractivity (Wildman–Crippen MR) is 118 cm³/mol. The molecule has 0 aromatic heterocycles. The van der Waals surface area contributed by atoms with Crippen LogP contribution in [-0.2, 0) is 9.59 Å². The molecular weight excluding hydrogens is 394 g/mol. The summed E-state index contributed by atoms with van der Waals surface area (Å²) in [6.45, 7) is 2.48. The maximum atomic E-state index is 13.3. The van der Waals surface area contributed by atoms with Crippen molar-refractivity contribution in [1.82, 2.24) is 4.90 Å². The lowest BCUT2D eigenvalue weighted by Crippen LogP contribution is -2.43. The van der Waals surface area contributed by atoms with Gasteiger partial charge in [-0.3, -0.25) is 9.59 Å². The summed E-state index contributed by atoms with van der Waals surface area (Å²) in [7, 11) is 0. The van der Waals surface area contributed by atoms with E-state index in [0.717, 1.165) is 31.4 Å². The Morgan fingerprint density at radius 1 is 1.03 bits per heavy atom. The molecular formula is C24H27N3O4. The number of imide groups is 1. The molecule has 2 aromatic carbocycles. The fourth-order valence-electron chi connectivity index (χ4n) is 4.39. The summed E-state index contributed by atoms with van der Waals surface area (Å²) >= 11 is 0. The van der Waals surface area contributed by atoms with Gasteiger partial charge in [0.25, 0.3) is 5.91 Å². The number of anilines is 2. The monoisotopic (exact) mass is 421 g/mol. The van der Waals surface area contributed by atoms with E-state index in [2.05, 4.69) is 5.32 Å². The fourth-order valence-corrected chi connectivity index (χ4v) is 4.39. The van der Waals surface area contributed by atoms with Crippen LogP contribution in [0.1, 0.15) is 39.0 Å². The molecule has 31 heavy (non-hydrogen) atoms. The molecule has 1 N–H and O–H groups in total. The number of para-hydroxylation sites is 1. The molecule has 162 valence electrons. The SMILES string of the molecule is CCOc1ccc(NC(=O)C[C@H]2C(=O)N(c3ccccc3)C(=O)N2C2CCCC2)cc1. The van der Waals surface area contributed by atoms with Gasteiger partial charge in [-0.1, -0.05) is 31.0 Å². The van der Waals surface area contributed by atoms with Crippen LogP contribution in [0, 0.1) is 0 Å². The number of amides is 4. The molecule has 7 heteroatoms. The number of nitrogens with zero attached hydrogens (tertiary/aromatic N) is 2. The Hall–Kier alpha value is -3.35. The van der Waals surface area contributed by atoms with Crippen molar-refractivity contribution in [3.63, 3.8) is 0 Å². The second-order valence-corrected chi connectivity index (χ2v) is 7.86. The maximum absolute atomic E-state index is 13.3. The molecule has 0 bridgehead atoms. The molecule has 4 amide bonds. The summed E-state index contributed by atoms with van der Waals surface area (Å²) in [5.74, 6) is 0.0844. The third-order valence-corrected chi connectivity index (χ3v) is 5.81. The van der Waals surface area contributed by atoms with E-state index in [-0.39, 0.29) is 30.3 Å². The number of benzene rings is 2. The highest BCUT2D eigenvalue weighted by atomic mass is 16.5. The number of carbonyl (C=O) groups excluding carboxylic acids is 3. The van der Waals surface area contributed by atoms with Gasteiger partial charge >= 0.3 is 6.03 Å². The highest BCUT2D eigenvalue weighted by Gasteiger charge is 2.49. The molecule has 2 aliphatic rings. The van der Waals surface area contributed by atoms with Gasteiger partial charge in [0.1, 0.15) is 11.8 Å². The van der Waals surface area contributed by atoms with E-state index < -0.39 is 6.04 Å². The molecule has 1 saturated heterocycles. The smallest absolute Gasteiger partial charge is 0.332 e. The molecule has 1 aliphatic carbocycles. The molecule has 2 fully saturated rings. The molecule has 1 heterocycles. The molecule has 0 spiro atoms. The second kappa shape index (κ2) is 9.20. The minimum Gasteiger partial charge on any atom is -0.494 e. The van der Waals surface area contributed by atoms with Crippen LogP contribution in [-0.4, -0.2) is 41.4 Å². The van der Waals surface area contributed by atoms with Crippen molar-refractivity contribution in [2.45, 2.75) is 51.1 Å². The Morgan fingerprint density at radius 3 is 2.35 bits per heavy atom. The molecule has 1 atom stereocenters. The van der Waals surface area contributed by atoms with E-state index in [1.54, 1.807) is 53.4 Å². The third kappa shape index (κ3) is 4.40. The normalized spacial score (nSPS) is 19.2. The zero-order valence-corrected chi connectivity index (χ0v) is 17.6. The zero-order chi connectivity index (χ0) is 21.8. The van der Waals surface area contributed by atoms with E-state index >= 15 is 0 Å². The topological polar surface area (TPSA) is 79.0 Å². The molecule has 7 nitrogen and oxygen atoms in total. The van der Waals surface area contributed by atoms with Crippen LogP contribution >= 0.6 is 0 Å². The van der Waals surface area contributed by atoms with E-state index in [4.69, 9.17) is 4.74 Å². The first-order chi connectivity index (χ1) is 15.1. The average Bonchev–Trinajstić information content (AvgIpc) is 3.37. The second-order valence-electron chi connectivity index (χ2n) is 7.86. The Morgan fingerprint density at radius 2 is 1.71 bits per heavy atom. The van der Waals surface area contributed by atoms with Crippen LogP contribution in [0.2, 0.25) is 0 Å². The minimum atomic E-state index is -0.793. The van der Waals surface area contributed by atoms with Crippen LogP contribution in [0.4, 0.5) is 16.2 Å². The standard InChI is InChI=1S/C24H27N3O4/c1-2-31-20-14-12-17(13-15-20)25-22(28)16-21-23(29)27(19-8-4-3-5-9-19)24(30)26(21)18-10-6-7-11-18/h3-5,8-9,12-15,18,21H,2,6-7,10-11,16H2,1H3,(H,25,28)/t21-/m0/s1. The van der Waals surface area contributed by atoms with Crippen LogP contribution in [0.25, 0.3) is 0 Å². The van der Waals surface area contributed by atoms with Gasteiger partial charge in [-0.15, -0.1) is 0 Å². The number of carbonyl (C=O) groups is 3. The number of hydrogen-bond donors (Lipinski definition) is 1. The lowest BCUT2D eigenvalue weighted by atomic mass is 10.1. The van der Waals surface area contributed by atoms with Gasteiger partial charge in [0.15, 0.2) is 0 Å². The van der Waals surface area contributed by atoms with E-state index in [1.165, 1.54) is 4.90 Å². The summed E-state index contributed by atoms with van der Waals surface area (Å²) in [5.41, 5.74) is 1.16. The molecule has 2 aromatic rings. The number of ether oxygens (including phenoxy) is 1. The van der Waals surface area contributed by atoms with Gasteiger partial charge < -0.3 is 15.0 Å². The van der Waals surface area contributed by atoms with Crippen molar-refractivity contribution in [3.8, 4) is 5.75 Å². The summed E-state index contributed by atoms with van der Waals surface area (Å²) in [5, 5.41) is 2.84. The minimum absolute atomic E-state index is 0.00608. The largest absolute Gasteiger partial charge is 0.494 e. The van der Waals surface area contributed by atoms with Crippen LogP contribution in [0.5, 0.6) is 5.75 Å². The zero-order valence-electron chi connectivity index (χ0n) is 17.6. The quantitative estimate of drug-likeness (QED) is 0.680. The van der Waals surface area contributed by atoms with Gasteiger partial charge in [-0.25, -0.2) is 9.69 Å². The van der Waals surface area contributed by atoms with Crippen molar-refractivity contribution < 1.29 is 19.1 Å². The van der Waals surface area contributed by atoms with Gasteiger partial charge in [0.2, 0.25) is 5.91 Å². The molecule has 0 unspecified atom stereocenters. The molecule has 1 saturated carbocycles. The third-order valence-electron chi connectivity index (χ3n) is 5.81. The number of urea groups is 1. The Labute approximate surface area is 182 Å². The summed E-state index contributed by atoms with van der Waals surface area (Å²) < 4.78 is 5.42. The lowest BCUT2D eigenvalue weighted by Gasteiger charge is -2.27. The van der Waals surface area contributed by atoms with Crippen LogP contribution in [0.15, 0.2) is 54.6 Å². The predicted octanol–water partition coefficient (Wildman–Crippen LogP) is 4.19. The van der Waals surface area contributed by atoms with Crippen molar-refractivity contribution in [2.75, 3.05) is 16.8 Å². The summed E-state index contributed by atoms with van der Waals surface area (Å²) in [6, 6.07) is 14.9. The van der Waals surface area contributed by atoms with Crippen LogP contribution < -0.4 is 15.0 Å².